The molecule has 3 heteroatoms. The third-order valence-corrected chi connectivity index (χ3v) is 3.61. The summed E-state index contributed by atoms with van der Waals surface area (Å²) in [4.78, 5) is 11.9. The zero-order chi connectivity index (χ0) is 13.9. The normalized spacial score (nSPS) is 15.3. The maximum absolute atomic E-state index is 11.9. The van der Waals surface area contributed by atoms with Crippen molar-refractivity contribution >= 4 is 5.91 Å². The molecule has 0 unspecified atom stereocenters. The van der Waals surface area contributed by atoms with Gasteiger partial charge in [-0.2, -0.15) is 0 Å². The Balaban J connectivity index is 1.86. The van der Waals surface area contributed by atoms with Gasteiger partial charge in [0.25, 0.3) is 0 Å². The second-order valence-electron chi connectivity index (χ2n) is 6.12. The fourth-order valence-corrected chi connectivity index (χ4v) is 2.21. The number of rotatable bonds is 6. The minimum Gasteiger partial charge on any atom is -0.346 e. The maximum Gasteiger partial charge on any atom is 0.234 e. The van der Waals surface area contributed by atoms with Crippen LogP contribution in [0.15, 0.2) is 24.3 Å². The molecule has 0 atom stereocenters. The number of nitrogens with one attached hydrogen (secondary N) is 2. The van der Waals surface area contributed by atoms with Crippen LogP contribution < -0.4 is 10.6 Å². The number of carbonyl (C=O) groups is 1. The molecule has 1 amide bonds. The minimum absolute atomic E-state index is 0.0622. The van der Waals surface area contributed by atoms with Crippen molar-refractivity contribution in [2.75, 3.05) is 13.1 Å². The number of benzene rings is 1. The van der Waals surface area contributed by atoms with Gasteiger partial charge in [-0.05, 0) is 51.6 Å². The van der Waals surface area contributed by atoms with E-state index in [0.717, 1.165) is 18.0 Å². The molecule has 0 aliphatic heterocycles. The molecule has 1 aromatic rings. The first-order valence-electron chi connectivity index (χ1n) is 7.06. The van der Waals surface area contributed by atoms with Gasteiger partial charge in [0, 0.05) is 0 Å². The summed E-state index contributed by atoms with van der Waals surface area (Å²) in [7, 11) is 0. The van der Waals surface area contributed by atoms with Crippen molar-refractivity contribution in [2.24, 2.45) is 5.92 Å². The Hall–Kier alpha value is -1.35. The number of amides is 1. The average Bonchev–Trinajstić information content (AvgIpc) is 3.12. The van der Waals surface area contributed by atoms with E-state index in [1.807, 2.05) is 19.9 Å². The molecule has 0 radical (unpaired) electrons. The molecule has 2 rings (SSSR count). The summed E-state index contributed by atoms with van der Waals surface area (Å²) in [5.74, 6) is 0.865. The SMILES string of the molecule is Cc1cccc(C(C)(C)NC(=O)CNCC2CC2)c1. The lowest BCUT2D eigenvalue weighted by atomic mass is 9.93. The lowest BCUT2D eigenvalue weighted by Gasteiger charge is -2.27. The second kappa shape index (κ2) is 5.74. The Morgan fingerprint density at radius 3 is 2.74 bits per heavy atom. The Labute approximate surface area is 115 Å². The molecule has 104 valence electrons. The van der Waals surface area contributed by atoms with Crippen LogP contribution in [0.4, 0.5) is 0 Å². The summed E-state index contributed by atoms with van der Waals surface area (Å²) in [6, 6.07) is 8.28. The minimum atomic E-state index is -0.329. The molecule has 0 heterocycles. The van der Waals surface area contributed by atoms with Crippen LogP contribution in [0, 0.1) is 12.8 Å². The third kappa shape index (κ3) is 4.35. The van der Waals surface area contributed by atoms with Crippen molar-refractivity contribution in [3.63, 3.8) is 0 Å². The van der Waals surface area contributed by atoms with Gasteiger partial charge >= 0.3 is 0 Å². The van der Waals surface area contributed by atoms with Crippen LogP contribution in [0.25, 0.3) is 0 Å². The fraction of sp³-hybridized carbons (Fsp3) is 0.562. The highest BCUT2D eigenvalue weighted by Crippen LogP contribution is 2.27. The number of hydrogen-bond acceptors (Lipinski definition) is 2. The number of aryl methyl sites for hydroxylation is 1. The maximum atomic E-state index is 11.9. The Bertz CT molecular complexity index is 450. The molecule has 1 aromatic carbocycles. The van der Waals surface area contributed by atoms with E-state index in [4.69, 9.17) is 0 Å². The smallest absolute Gasteiger partial charge is 0.234 e. The van der Waals surface area contributed by atoms with Gasteiger partial charge in [0.1, 0.15) is 0 Å². The predicted octanol–water partition coefficient (Wildman–Crippen LogP) is 2.35. The zero-order valence-corrected chi connectivity index (χ0v) is 12.1. The highest BCUT2D eigenvalue weighted by atomic mass is 16.2. The van der Waals surface area contributed by atoms with E-state index in [2.05, 4.69) is 35.8 Å². The summed E-state index contributed by atoms with van der Waals surface area (Å²) >= 11 is 0. The quantitative estimate of drug-likeness (QED) is 0.824. The van der Waals surface area contributed by atoms with Crippen LogP contribution in [0.5, 0.6) is 0 Å². The fourth-order valence-electron chi connectivity index (χ4n) is 2.21. The van der Waals surface area contributed by atoms with E-state index in [0.29, 0.717) is 6.54 Å². The average molecular weight is 260 g/mol. The van der Waals surface area contributed by atoms with Gasteiger partial charge in [-0.25, -0.2) is 0 Å². The number of carbonyl (C=O) groups excluding carboxylic acids is 1. The van der Waals surface area contributed by atoms with Crippen molar-refractivity contribution in [1.29, 1.82) is 0 Å². The Kier molecular flexibility index (Phi) is 4.25. The molecule has 1 aliphatic rings. The van der Waals surface area contributed by atoms with Gasteiger partial charge in [0.15, 0.2) is 0 Å². The van der Waals surface area contributed by atoms with Gasteiger partial charge < -0.3 is 10.6 Å². The first kappa shape index (κ1) is 14.1. The summed E-state index contributed by atoms with van der Waals surface area (Å²) in [5, 5.41) is 6.31. The molecule has 1 aliphatic carbocycles. The van der Waals surface area contributed by atoms with Gasteiger partial charge in [-0.15, -0.1) is 0 Å². The summed E-state index contributed by atoms with van der Waals surface area (Å²) < 4.78 is 0. The Morgan fingerprint density at radius 1 is 1.37 bits per heavy atom. The van der Waals surface area contributed by atoms with E-state index >= 15 is 0 Å². The molecule has 1 fully saturated rings. The molecule has 0 saturated heterocycles. The Morgan fingerprint density at radius 2 is 2.11 bits per heavy atom. The van der Waals surface area contributed by atoms with Crippen molar-refractivity contribution in [3.05, 3.63) is 35.4 Å². The number of hydrogen-bond donors (Lipinski definition) is 2. The van der Waals surface area contributed by atoms with E-state index in [1.165, 1.54) is 18.4 Å². The van der Waals surface area contributed by atoms with Crippen LogP contribution in [-0.4, -0.2) is 19.0 Å². The highest BCUT2D eigenvalue weighted by Gasteiger charge is 2.24. The molecular weight excluding hydrogens is 236 g/mol. The lowest BCUT2D eigenvalue weighted by molar-refractivity contribution is -0.121. The van der Waals surface area contributed by atoms with Crippen LogP contribution >= 0.6 is 0 Å². The molecular formula is C16H24N2O. The van der Waals surface area contributed by atoms with E-state index in [-0.39, 0.29) is 11.4 Å². The van der Waals surface area contributed by atoms with Crippen LogP contribution in [0.1, 0.15) is 37.8 Å². The monoisotopic (exact) mass is 260 g/mol. The molecule has 19 heavy (non-hydrogen) atoms. The standard InChI is InChI=1S/C16H24N2O/c1-12-5-4-6-14(9-12)16(2,3)18-15(19)11-17-10-13-7-8-13/h4-6,9,13,17H,7-8,10-11H2,1-3H3,(H,18,19). The van der Waals surface area contributed by atoms with Crippen LogP contribution in [0.3, 0.4) is 0 Å². The molecule has 2 N–H and O–H groups in total. The highest BCUT2D eigenvalue weighted by molar-refractivity contribution is 5.79. The summed E-state index contributed by atoms with van der Waals surface area (Å²) in [6.45, 7) is 7.53. The first-order valence-corrected chi connectivity index (χ1v) is 7.06. The van der Waals surface area contributed by atoms with Gasteiger partial charge in [-0.3, -0.25) is 4.79 Å². The third-order valence-electron chi connectivity index (χ3n) is 3.61. The van der Waals surface area contributed by atoms with Crippen LogP contribution in [0.2, 0.25) is 0 Å². The van der Waals surface area contributed by atoms with Crippen LogP contribution in [-0.2, 0) is 10.3 Å². The summed E-state index contributed by atoms with van der Waals surface area (Å²) in [5.41, 5.74) is 2.03. The predicted molar refractivity (Wildman–Crippen MR) is 77.9 cm³/mol. The molecule has 0 spiro atoms. The lowest BCUT2D eigenvalue weighted by Crippen LogP contribution is -2.45. The molecule has 0 aromatic heterocycles. The van der Waals surface area contributed by atoms with Crippen molar-refractivity contribution in [2.45, 2.75) is 39.2 Å². The van der Waals surface area contributed by atoms with E-state index < -0.39 is 0 Å². The topological polar surface area (TPSA) is 41.1 Å². The summed E-state index contributed by atoms with van der Waals surface area (Å²) in [6.07, 6.45) is 2.62. The first-order chi connectivity index (χ1) is 8.97. The zero-order valence-electron chi connectivity index (χ0n) is 12.1. The molecule has 0 bridgehead atoms. The largest absolute Gasteiger partial charge is 0.346 e. The molecule has 3 nitrogen and oxygen atoms in total. The second-order valence-corrected chi connectivity index (χ2v) is 6.12. The van der Waals surface area contributed by atoms with Crippen molar-refractivity contribution in [3.8, 4) is 0 Å². The molecule has 1 saturated carbocycles. The van der Waals surface area contributed by atoms with E-state index in [1.54, 1.807) is 0 Å². The van der Waals surface area contributed by atoms with Gasteiger partial charge in [-0.1, -0.05) is 29.8 Å². The van der Waals surface area contributed by atoms with Gasteiger partial charge in [0.2, 0.25) is 5.91 Å². The van der Waals surface area contributed by atoms with Crippen molar-refractivity contribution in [1.82, 2.24) is 10.6 Å². The van der Waals surface area contributed by atoms with Gasteiger partial charge in [0.05, 0.1) is 12.1 Å². The van der Waals surface area contributed by atoms with E-state index in [9.17, 15) is 4.79 Å². The van der Waals surface area contributed by atoms with Crippen molar-refractivity contribution < 1.29 is 4.79 Å².